The predicted molar refractivity (Wildman–Crippen MR) is 78.3 cm³/mol. The summed E-state index contributed by atoms with van der Waals surface area (Å²) in [5, 5.41) is 2.29. The molecule has 2 aromatic rings. The largest absolute Gasteiger partial charge is 0.464 e. The van der Waals surface area contributed by atoms with Crippen LogP contribution in [0.3, 0.4) is 0 Å². The average Bonchev–Trinajstić information content (AvgIpc) is 2.49. The van der Waals surface area contributed by atoms with Crippen LogP contribution in [0.1, 0.15) is 24.8 Å². The van der Waals surface area contributed by atoms with Crippen LogP contribution in [0.2, 0.25) is 0 Å². The van der Waals surface area contributed by atoms with Crippen molar-refractivity contribution in [3.63, 3.8) is 0 Å². The second kappa shape index (κ2) is 5.45. The molecule has 1 fully saturated rings. The van der Waals surface area contributed by atoms with E-state index in [9.17, 15) is 0 Å². The highest BCUT2D eigenvalue weighted by molar-refractivity contribution is 5.94. The summed E-state index contributed by atoms with van der Waals surface area (Å²) >= 11 is 0. The van der Waals surface area contributed by atoms with Gasteiger partial charge >= 0.3 is 0 Å². The molecule has 2 aromatic carbocycles. The molecule has 1 aliphatic heterocycles. The van der Waals surface area contributed by atoms with Crippen LogP contribution in [-0.2, 0) is 4.74 Å². The number of hydrogen-bond donors (Lipinski definition) is 0. The molecule has 0 radical (unpaired) electrons. The molecule has 1 atom stereocenters. The van der Waals surface area contributed by atoms with Crippen molar-refractivity contribution >= 4 is 16.8 Å². The molecule has 2 heteroatoms. The molecule has 1 unspecified atom stereocenters. The molecule has 2 nitrogen and oxygen atoms in total. The number of ether oxygens (including phenoxy) is 2. The highest BCUT2D eigenvalue weighted by atomic mass is 16.7. The lowest BCUT2D eigenvalue weighted by Gasteiger charge is -2.24. The Morgan fingerprint density at radius 1 is 1.11 bits per heavy atom. The first-order chi connectivity index (χ1) is 9.38. The van der Waals surface area contributed by atoms with Crippen LogP contribution in [0, 0.1) is 0 Å². The smallest absolute Gasteiger partial charge is 0.199 e. The van der Waals surface area contributed by atoms with Crippen LogP contribution < -0.4 is 4.74 Å². The molecule has 3 rings (SSSR count). The number of benzene rings is 2. The van der Waals surface area contributed by atoms with E-state index in [-0.39, 0.29) is 6.29 Å². The maximum atomic E-state index is 6.01. The molecular formula is C17H18O2. The van der Waals surface area contributed by atoms with Gasteiger partial charge in [0.2, 0.25) is 0 Å². The lowest BCUT2D eigenvalue weighted by molar-refractivity contribution is -0.105. The topological polar surface area (TPSA) is 18.5 Å². The van der Waals surface area contributed by atoms with Crippen LogP contribution in [0.25, 0.3) is 16.8 Å². The third kappa shape index (κ3) is 2.49. The van der Waals surface area contributed by atoms with Crippen molar-refractivity contribution in [1.29, 1.82) is 0 Å². The van der Waals surface area contributed by atoms with Crippen LogP contribution in [0.4, 0.5) is 0 Å². The normalized spacial score (nSPS) is 19.3. The van der Waals surface area contributed by atoms with Gasteiger partial charge in [0.15, 0.2) is 6.29 Å². The molecule has 1 saturated heterocycles. The fourth-order valence-electron chi connectivity index (χ4n) is 2.52. The van der Waals surface area contributed by atoms with Crippen molar-refractivity contribution in [2.45, 2.75) is 25.6 Å². The molecule has 0 aromatic heterocycles. The zero-order chi connectivity index (χ0) is 13.1. The first-order valence-electron chi connectivity index (χ1n) is 6.81. The monoisotopic (exact) mass is 254 g/mol. The van der Waals surface area contributed by atoms with E-state index >= 15 is 0 Å². The van der Waals surface area contributed by atoms with Crippen LogP contribution in [0.15, 0.2) is 43.0 Å². The van der Waals surface area contributed by atoms with Gasteiger partial charge in [-0.2, -0.15) is 0 Å². The van der Waals surface area contributed by atoms with E-state index in [4.69, 9.17) is 9.47 Å². The van der Waals surface area contributed by atoms with Gasteiger partial charge in [-0.25, -0.2) is 0 Å². The van der Waals surface area contributed by atoms with Gasteiger partial charge in [0.1, 0.15) is 5.75 Å². The Hall–Kier alpha value is -1.80. The minimum Gasteiger partial charge on any atom is -0.464 e. The van der Waals surface area contributed by atoms with Crippen molar-refractivity contribution in [3.05, 3.63) is 48.5 Å². The van der Waals surface area contributed by atoms with E-state index in [1.165, 1.54) is 11.8 Å². The lowest BCUT2D eigenvalue weighted by atomic mass is 10.0. The van der Waals surface area contributed by atoms with Gasteiger partial charge in [-0.05, 0) is 29.9 Å². The summed E-state index contributed by atoms with van der Waals surface area (Å²) < 4.78 is 11.7. The summed E-state index contributed by atoms with van der Waals surface area (Å²) in [6.45, 7) is 4.66. The minimum atomic E-state index is -0.105. The molecule has 0 bridgehead atoms. The van der Waals surface area contributed by atoms with E-state index in [2.05, 4.69) is 18.7 Å². The van der Waals surface area contributed by atoms with Crippen molar-refractivity contribution in [2.75, 3.05) is 6.61 Å². The fraction of sp³-hybridized carbons (Fsp3) is 0.294. The van der Waals surface area contributed by atoms with Crippen LogP contribution in [-0.4, -0.2) is 12.9 Å². The summed E-state index contributed by atoms with van der Waals surface area (Å²) in [6, 6.07) is 12.3. The van der Waals surface area contributed by atoms with Gasteiger partial charge in [-0.3, -0.25) is 0 Å². The number of fused-ring (bicyclic) bond motifs is 1. The fourth-order valence-corrected chi connectivity index (χ4v) is 2.52. The van der Waals surface area contributed by atoms with Gasteiger partial charge in [-0.15, -0.1) is 0 Å². The van der Waals surface area contributed by atoms with Gasteiger partial charge in [0, 0.05) is 11.8 Å². The molecule has 0 amide bonds. The predicted octanol–water partition coefficient (Wildman–Crippen LogP) is 4.39. The SMILES string of the molecule is C=Cc1ccc(OC2CCCCO2)c2ccccc12. The van der Waals surface area contributed by atoms with Crippen molar-refractivity contribution in [1.82, 2.24) is 0 Å². The molecule has 1 aliphatic rings. The van der Waals surface area contributed by atoms with Gasteiger partial charge in [0.25, 0.3) is 0 Å². The van der Waals surface area contributed by atoms with Crippen molar-refractivity contribution in [2.24, 2.45) is 0 Å². The van der Waals surface area contributed by atoms with Gasteiger partial charge in [-0.1, -0.05) is 43.0 Å². The highest BCUT2D eigenvalue weighted by Gasteiger charge is 2.16. The molecule has 0 aliphatic carbocycles. The maximum absolute atomic E-state index is 6.01. The Morgan fingerprint density at radius 3 is 2.68 bits per heavy atom. The zero-order valence-corrected chi connectivity index (χ0v) is 11.0. The Labute approximate surface area is 113 Å². The third-order valence-electron chi connectivity index (χ3n) is 3.53. The molecule has 19 heavy (non-hydrogen) atoms. The summed E-state index contributed by atoms with van der Waals surface area (Å²) in [5.74, 6) is 0.896. The molecule has 1 heterocycles. The standard InChI is InChI=1S/C17H18O2/c1-2-13-10-11-16(15-8-4-3-7-14(13)15)19-17-9-5-6-12-18-17/h2-4,7-8,10-11,17H,1,5-6,9,12H2. The van der Waals surface area contributed by atoms with Crippen molar-refractivity contribution < 1.29 is 9.47 Å². The van der Waals surface area contributed by atoms with Crippen LogP contribution in [0.5, 0.6) is 5.75 Å². The number of rotatable bonds is 3. The van der Waals surface area contributed by atoms with E-state index in [1.54, 1.807) is 0 Å². The Balaban J connectivity index is 1.97. The quantitative estimate of drug-likeness (QED) is 0.808. The van der Waals surface area contributed by atoms with Crippen LogP contribution >= 0.6 is 0 Å². The summed E-state index contributed by atoms with van der Waals surface area (Å²) in [7, 11) is 0. The van der Waals surface area contributed by atoms with E-state index in [0.717, 1.165) is 36.1 Å². The highest BCUT2D eigenvalue weighted by Crippen LogP contribution is 2.31. The second-order valence-electron chi connectivity index (χ2n) is 4.82. The summed E-state index contributed by atoms with van der Waals surface area (Å²) in [6.07, 6.45) is 5.05. The first-order valence-corrected chi connectivity index (χ1v) is 6.81. The van der Waals surface area contributed by atoms with E-state index < -0.39 is 0 Å². The number of hydrogen-bond acceptors (Lipinski definition) is 2. The Morgan fingerprint density at radius 2 is 1.95 bits per heavy atom. The van der Waals surface area contributed by atoms with Gasteiger partial charge < -0.3 is 9.47 Å². The minimum absolute atomic E-state index is 0.105. The lowest BCUT2D eigenvalue weighted by Crippen LogP contribution is -2.25. The van der Waals surface area contributed by atoms with E-state index in [1.807, 2.05) is 30.3 Å². The van der Waals surface area contributed by atoms with Crippen molar-refractivity contribution in [3.8, 4) is 5.75 Å². The molecule has 98 valence electrons. The summed E-state index contributed by atoms with van der Waals surface area (Å²) in [5.41, 5.74) is 1.13. The second-order valence-corrected chi connectivity index (χ2v) is 4.82. The zero-order valence-electron chi connectivity index (χ0n) is 11.0. The molecule has 0 N–H and O–H groups in total. The Bertz CT molecular complexity index is 583. The molecule has 0 saturated carbocycles. The first kappa shape index (κ1) is 12.2. The molecular weight excluding hydrogens is 236 g/mol. The maximum Gasteiger partial charge on any atom is 0.199 e. The van der Waals surface area contributed by atoms with E-state index in [0.29, 0.717) is 0 Å². The Kier molecular flexibility index (Phi) is 3.51. The average molecular weight is 254 g/mol. The van der Waals surface area contributed by atoms with Gasteiger partial charge in [0.05, 0.1) is 6.61 Å². The third-order valence-corrected chi connectivity index (χ3v) is 3.53. The summed E-state index contributed by atoms with van der Waals surface area (Å²) in [4.78, 5) is 0. The molecule has 0 spiro atoms.